The molecule has 0 aliphatic heterocycles. The van der Waals surface area contributed by atoms with Crippen LogP contribution in [0.3, 0.4) is 0 Å². The molecule has 4 rings (SSSR count). The number of hydrogen-bond acceptors (Lipinski definition) is 8. The molecule has 0 saturated carbocycles. The molecule has 0 aliphatic rings. The van der Waals surface area contributed by atoms with Crippen LogP contribution in [0.1, 0.15) is 51.7 Å². The molecule has 41 heavy (non-hydrogen) atoms. The fourth-order valence-electron chi connectivity index (χ4n) is 3.90. The molecular weight excluding hydrogens is 544 g/mol. The summed E-state index contributed by atoms with van der Waals surface area (Å²) < 4.78 is 41.2. The number of anilines is 1. The van der Waals surface area contributed by atoms with Gasteiger partial charge in [-0.3, -0.25) is 4.68 Å². The number of carbonyl (C=O) groups is 1. The number of benzene rings is 2. The average Bonchev–Trinajstić information content (AvgIpc) is 3.34. The van der Waals surface area contributed by atoms with Crippen LogP contribution in [0.25, 0.3) is 11.3 Å². The zero-order valence-corrected chi connectivity index (χ0v) is 24.7. The van der Waals surface area contributed by atoms with Crippen molar-refractivity contribution >= 4 is 22.1 Å². The number of nitrogens with zero attached hydrogens (tertiary/aromatic N) is 4. The van der Waals surface area contributed by atoms with Gasteiger partial charge in [0.2, 0.25) is 11.8 Å². The van der Waals surface area contributed by atoms with E-state index in [0.29, 0.717) is 11.4 Å². The maximum Gasteiger partial charge on any atom is 0.407 e. The summed E-state index contributed by atoms with van der Waals surface area (Å²) in [5.41, 5.74) is 2.63. The molecule has 0 radical (unpaired) electrons. The van der Waals surface area contributed by atoms with Crippen LogP contribution in [-0.2, 0) is 28.4 Å². The van der Waals surface area contributed by atoms with Gasteiger partial charge < -0.3 is 14.8 Å². The van der Waals surface area contributed by atoms with E-state index in [1.54, 1.807) is 58.2 Å². The van der Waals surface area contributed by atoms with Crippen LogP contribution in [0.4, 0.5) is 10.7 Å². The maximum absolute atomic E-state index is 13.0. The zero-order valence-electron chi connectivity index (χ0n) is 23.9. The van der Waals surface area contributed by atoms with E-state index < -0.39 is 21.7 Å². The van der Waals surface area contributed by atoms with Crippen LogP contribution in [0.15, 0.2) is 71.9 Å². The summed E-state index contributed by atoms with van der Waals surface area (Å²) >= 11 is 0. The number of ether oxygens (including phenoxy) is 2. The normalized spacial score (nSPS) is 11.8. The van der Waals surface area contributed by atoms with Crippen LogP contribution in [0.2, 0.25) is 0 Å². The van der Waals surface area contributed by atoms with E-state index in [4.69, 9.17) is 9.47 Å². The molecular formula is C29H34N6O5S. The SMILES string of the molecule is CC(C)c1ccccc1-c1cc(Oc2ccc(CNC(=O)OC(C)(C)C)cc2)nc(NS(=O)(=O)c2cnn(C)c2)n1. The van der Waals surface area contributed by atoms with Gasteiger partial charge in [0.1, 0.15) is 16.2 Å². The Bertz CT molecular complexity index is 1630. The first-order valence-corrected chi connectivity index (χ1v) is 14.5. The topological polar surface area (TPSA) is 137 Å². The fourth-order valence-corrected chi connectivity index (χ4v) is 4.82. The van der Waals surface area contributed by atoms with Crippen molar-refractivity contribution in [3.05, 3.63) is 78.1 Å². The third kappa shape index (κ3) is 8.04. The van der Waals surface area contributed by atoms with Crippen molar-refractivity contribution in [3.8, 4) is 22.9 Å². The lowest BCUT2D eigenvalue weighted by Gasteiger charge is -2.19. The number of carbonyl (C=O) groups excluding carboxylic acids is 1. The molecule has 0 atom stereocenters. The summed E-state index contributed by atoms with van der Waals surface area (Å²) in [5.74, 6) is 0.673. The minimum Gasteiger partial charge on any atom is -0.444 e. The third-order valence-electron chi connectivity index (χ3n) is 5.76. The van der Waals surface area contributed by atoms with Crippen molar-refractivity contribution in [3.63, 3.8) is 0 Å². The molecule has 0 fully saturated rings. The Hall–Kier alpha value is -4.45. The molecule has 0 spiro atoms. The predicted octanol–water partition coefficient (Wildman–Crippen LogP) is 5.62. The number of amides is 1. The number of nitrogens with one attached hydrogen (secondary N) is 2. The zero-order chi connectivity index (χ0) is 29.8. The molecule has 0 saturated heterocycles. The van der Waals surface area contributed by atoms with Gasteiger partial charge in [-0.25, -0.2) is 22.9 Å². The van der Waals surface area contributed by atoms with Gasteiger partial charge in [-0.15, -0.1) is 0 Å². The first-order chi connectivity index (χ1) is 19.3. The summed E-state index contributed by atoms with van der Waals surface area (Å²) in [5, 5.41) is 6.66. The number of alkyl carbamates (subject to hydrolysis) is 1. The van der Waals surface area contributed by atoms with Gasteiger partial charge in [0.05, 0.1) is 11.9 Å². The number of aryl methyl sites for hydroxylation is 1. The summed E-state index contributed by atoms with van der Waals surface area (Å²) in [4.78, 5) is 20.8. The Morgan fingerprint density at radius 3 is 2.39 bits per heavy atom. The van der Waals surface area contributed by atoms with Gasteiger partial charge in [0.25, 0.3) is 10.0 Å². The van der Waals surface area contributed by atoms with E-state index in [2.05, 4.69) is 39.0 Å². The van der Waals surface area contributed by atoms with Gasteiger partial charge in [-0.2, -0.15) is 10.1 Å². The number of aromatic nitrogens is 4. The van der Waals surface area contributed by atoms with Crippen molar-refractivity contribution in [2.45, 2.75) is 57.6 Å². The average molecular weight is 579 g/mol. The lowest BCUT2D eigenvalue weighted by atomic mass is 9.95. The second-order valence-electron chi connectivity index (χ2n) is 10.7. The predicted molar refractivity (Wildman–Crippen MR) is 155 cm³/mol. The highest BCUT2D eigenvalue weighted by Crippen LogP contribution is 2.32. The Balaban J connectivity index is 1.61. The van der Waals surface area contributed by atoms with Crippen molar-refractivity contribution in [2.24, 2.45) is 7.05 Å². The molecule has 0 bridgehead atoms. The molecule has 4 aromatic rings. The largest absolute Gasteiger partial charge is 0.444 e. The van der Waals surface area contributed by atoms with E-state index in [-0.39, 0.29) is 29.2 Å². The number of hydrogen-bond donors (Lipinski definition) is 2. The van der Waals surface area contributed by atoms with E-state index in [1.807, 2.05) is 24.3 Å². The summed E-state index contributed by atoms with van der Waals surface area (Å²) in [7, 11) is -2.37. The van der Waals surface area contributed by atoms with Gasteiger partial charge in [-0.05, 0) is 49.9 Å². The summed E-state index contributed by atoms with van der Waals surface area (Å²) in [6, 6.07) is 16.5. The van der Waals surface area contributed by atoms with Gasteiger partial charge in [0.15, 0.2) is 0 Å². The van der Waals surface area contributed by atoms with E-state index in [9.17, 15) is 13.2 Å². The molecule has 2 heterocycles. The second kappa shape index (κ2) is 12.0. The van der Waals surface area contributed by atoms with E-state index in [1.165, 1.54) is 17.1 Å². The molecule has 0 unspecified atom stereocenters. The lowest BCUT2D eigenvalue weighted by Crippen LogP contribution is -2.32. The van der Waals surface area contributed by atoms with Crippen LogP contribution < -0.4 is 14.8 Å². The van der Waals surface area contributed by atoms with Crippen LogP contribution in [0, 0.1) is 0 Å². The van der Waals surface area contributed by atoms with Crippen molar-refractivity contribution < 1.29 is 22.7 Å². The van der Waals surface area contributed by atoms with Gasteiger partial charge >= 0.3 is 6.09 Å². The van der Waals surface area contributed by atoms with E-state index >= 15 is 0 Å². The smallest absolute Gasteiger partial charge is 0.407 e. The molecule has 1 amide bonds. The quantitative estimate of drug-likeness (QED) is 0.261. The highest BCUT2D eigenvalue weighted by molar-refractivity contribution is 7.92. The van der Waals surface area contributed by atoms with Gasteiger partial charge in [-0.1, -0.05) is 50.2 Å². The minimum atomic E-state index is -4.00. The van der Waals surface area contributed by atoms with Crippen LogP contribution in [-0.4, -0.2) is 39.9 Å². The van der Waals surface area contributed by atoms with Crippen molar-refractivity contribution in [1.82, 2.24) is 25.1 Å². The Labute approximate surface area is 240 Å². The summed E-state index contributed by atoms with van der Waals surface area (Å²) in [6.07, 6.45) is 2.13. The third-order valence-corrected chi connectivity index (χ3v) is 7.04. The maximum atomic E-state index is 13.0. The monoisotopic (exact) mass is 578 g/mol. The van der Waals surface area contributed by atoms with E-state index in [0.717, 1.165) is 16.7 Å². The highest BCUT2D eigenvalue weighted by Gasteiger charge is 2.21. The highest BCUT2D eigenvalue weighted by atomic mass is 32.2. The Morgan fingerprint density at radius 1 is 1.05 bits per heavy atom. The first kappa shape index (κ1) is 29.5. The molecule has 11 nitrogen and oxygen atoms in total. The lowest BCUT2D eigenvalue weighted by molar-refractivity contribution is 0.0523. The molecule has 12 heteroatoms. The number of sulfonamides is 1. The van der Waals surface area contributed by atoms with Gasteiger partial charge in [0, 0.05) is 31.4 Å². The number of rotatable bonds is 9. The van der Waals surface area contributed by atoms with Crippen molar-refractivity contribution in [2.75, 3.05) is 4.72 Å². The summed E-state index contributed by atoms with van der Waals surface area (Å²) in [6.45, 7) is 9.82. The molecule has 2 aromatic carbocycles. The molecule has 2 N–H and O–H groups in total. The second-order valence-corrected chi connectivity index (χ2v) is 12.4. The first-order valence-electron chi connectivity index (χ1n) is 13.0. The molecule has 2 aromatic heterocycles. The minimum absolute atomic E-state index is 0.0189. The Kier molecular flexibility index (Phi) is 8.62. The Morgan fingerprint density at radius 2 is 1.76 bits per heavy atom. The van der Waals surface area contributed by atoms with Crippen LogP contribution >= 0.6 is 0 Å². The fraction of sp³-hybridized carbons (Fsp3) is 0.310. The molecule has 0 aliphatic carbocycles. The van der Waals surface area contributed by atoms with Crippen LogP contribution in [0.5, 0.6) is 11.6 Å². The standard InChI is InChI=1S/C29H34N6O5S/c1-19(2)23-9-7-8-10-24(23)25-15-26(33-27(32-25)34-41(37,38)22-17-31-35(6)18-22)39-21-13-11-20(12-14-21)16-30-28(36)40-29(3,4)5/h7-15,17-19H,16H2,1-6H3,(H,30,36)(H,32,33,34). The molecule has 216 valence electrons. The van der Waals surface area contributed by atoms with Crippen molar-refractivity contribution in [1.29, 1.82) is 0 Å².